The van der Waals surface area contributed by atoms with Crippen LogP contribution in [0.5, 0.6) is 28.7 Å². The van der Waals surface area contributed by atoms with E-state index in [1.807, 2.05) is 0 Å². The highest BCUT2D eigenvalue weighted by atomic mass is 16.5. The fourth-order valence-electron chi connectivity index (χ4n) is 3.59. The highest BCUT2D eigenvalue weighted by Gasteiger charge is 2.27. The summed E-state index contributed by atoms with van der Waals surface area (Å²) in [4.78, 5) is 27.0. The molecular formula is C25H27NO7. The van der Waals surface area contributed by atoms with Crippen molar-refractivity contribution in [3.05, 3.63) is 53.1 Å². The highest BCUT2D eigenvalue weighted by molar-refractivity contribution is 6.11. The number of amides is 2. The van der Waals surface area contributed by atoms with Gasteiger partial charge in [-0.1, -0.05) is 6.07 Å². The van der Waals surface area contributed by atoms with Gasteiger partial charge >= 0.3 is 0 Å². The number of nitrogens with zero attached hydrogens (tertiary/aromatic N) is 1. The lowest BCUT2D eigenvalue weighted by atomic mass is 10.00. The fraction of sp³-hybridized carbons (Fsp3) is 0.280. The first-order chi connectivity index (χ1) is 15.9. The average molecular weight is 453 g/mol. The molecule has 0 radical (unpaired) electrons. The molecule has 1 N–H and O–H groups in total. The third-order valence-corrected chi connectivity index (χ3v) is 5.26. The molecule has 2 aromatic rings. The Labute approximate surface area is 192 Å². The fourth-order valence-corrected chi connectivity index (χ4v) is 3.59. The molecule has 8 nitrogen and oxygen atoms in total. The predicted molar refractivity (Wildman–Crippen MR) is 124 cm³/mol. The van der Waals surface area contributed by atoms with Crippen molar-refractivity contribution in [1.29, 1.82) is 0 Å². The first-order valence-corrected chi connectivity index (χ1v) is 10.3. The van der Waals surface area contributed by atoms with Gasteiger partial charge in [-0.3, -0.25) is 14.5 Å². The van der Waals surface area contributed by atoms with Crippen molar-refractivity contribution < 1.29 is 33.6 Å². The number of likely N-dealkylation sites (tertiary alicyclic amines) is 1. The summed E-state index contributed by atoms with van der Waals surface area (Å²) in [7, 11) is 6.02. The van der Waals surface area contributed by atoms with Gasteiger partial charge in [-0.15, -0.1) is 0 Å². The third-order valence-electron chi connectivity index (χ3n) is 5.26. The minimum Gasteiger partial charge on any atom is -0.504 e. The Morgan fingerprint density at radius 1 is 0.939 bits per heavy atom. The topological polar surface area (TPSA) is 94.5 Å². The highest BCUT2D eigenvalue weighted by Crippen LogP contribution is 2.39. The van der Waals surface area contributed by atoms with Crippen molar-refractivity contribution in [3.8, 4) is 28.7 Å². The Kier molecular flexibility index (Phi) is 7.61. The number of imide groups is 1. The molecule has 1 aliphatic rings. The maximum absolute atomic E-state index is 13.0. The van der Waals surface area contributed by atoms with Crippen molar-refractivity contribution in [2.24, 2.45) is 0 Å². The summed E-state index contributed by atoms with van der Waals surface area (Å²) in [6.07, 6.45) is 5.87. The van der Waals surface area contributed by atoms with Crippen molar-refractivity contribution in [2.45, 2.75) is 12.8 Å². The molecule has 0 atom stereocenters. The van der Waals surface area contributed by atoms with Gasteiger partial charge in [0.25, 0.3) is 11.8 Å². The SMILES string of the molecule is COc1cc(/C=C/C(=O)N2CCC/C(=C\c3cc(OC)c(OC)c(OC)c3)C2=O)ccc1O. The summed E-state index contributed by atoms with van der Waals surface area (Å²) in [5, 5.41) is 9.70. The van der Waals surface area contributed by atoms with Crippen molar-refractivity contribution >= 4 is 24.0 Å². The predicted octanol–water partition coefficient (Wildman–Crippen LogP) is 3.67. The number of rotatable bonds is 7. The lowest BCUT2D eigenvalue weighted by Gasteiger charge is -2.26. The summed E-state index contributed by atoms with van der Waals surface area (Å²) in [5.74, 6) is 0.975. The molecule has 1 saturated heterocycles. The molecule has 0 unspecified atom stereocenters. The van der Waals surface area contributed by atoms with Gasteiger partial charge in [0, 0.05) is 18.2 Å². The van der Waals surface area contributed by atoms with Crippen molar-refractivity contribution in [1.82, 2.24) is 4.90 Å². The van der Waals surface area contributed by atoms with Crippen LogP contribution in [0.1, 0.15) is 24.0 Å². The van der Waals surface area contributed by atoms with E-state index in [1.165, 1.54) is 45.5 Å². The Morgan fingerprint density at radius 2 is 1.58 bits per heavy atom. The van der Waals surface area contributed by atoms with E-state index in [1.54, 1.807) is 36.4 Å². The van der Waals surface area contributed by atoms with Gasteiger partial charge in [0.1, 0.15) is 0 Å². The number of phenolic OH excluding ortho intramolecular Hbond substituents is 1. The van der Waals surface area contributed by atoms with Crippen molar-refractivity contribution in [2.75, 3.05) is 35.0 Å². The van der Waals surface area contributed by atoms with Crippen molar-refractivity contribution in [3.63, 3.8) is 0 Å². The molecule has 1 fully saturated rings. The molecule has 0 aliphatic carbocycles. The molecule has 33 heavy (non-hydrogen) atoms. The van der Waals surface area contributed by atoms with Crippen LogP contribution >= 0.6 is 0 Å². The molecule has 0 aromatic heterocycles. The van der Waals surface area contributed by atoms with E-state index in [-0.39, 0.29) is 11.7 Å². The lowest BCUT2D eigenvalue weighted by molar-refractivity contribution is -0.140. The van der Waals surface area contributed by atoms with E-state index in [0.717, 1.165) is 0 Å². The van der Waals surface area contributed by atoms with Crippen LogP contribution in [-0.2, 0) is 9.59 Å². The van der Waals surface area contributed by atoms with E-state index < -0.39 is 5.91 Å². The molecule has 2 amide bonds. The van der Waals surface area contributed by atoms with Gasteiger partial charge in [-0.25, -0.2) is 0 Å². The maximum Gasteiger partial charge on any atom is 0.256 e. The Balaban J connectivity index is 1.82. The second-order valence-electron chi connectivity index (χ2n) is 7.29. The zero-order valence-corrected chi connectivity index (χ0v) is 19.1. The molecular weight excluding hydrogens is 426 g/mol. The molecule has 1 heterocycles. The van der Waals surface area contributed by atoms with Crippen LogP contribution in [0, 0.1) is 0 Å². The Hall–Kier alpha value is -3.94. The van der Waals surface area contributed by atoms with Crippen LogP contribution < -0.4 is 18.9 Å². The zero-order chi connectivity index (χ0) is 24.0. The minimum atomic E-state index is -0.414. The van der Waals surface area contributed by atoms with Gasteiger partial charge < -0.3 is 24.1 Å². The molecule has 3 rings (SSSR count). The number of phenols is 1. The first kappa shape index (κ1) is 23.7. The summed E-state index contributed by atoms with van der Waals surface area (Å²) in [5.41, 5.74) is 1.88. The number of hydrogen-bond acceptors (Lipinski definition) is 7. The largest absolute Gasteiger partial charge is 0.504 e. The standard InChI is InChI=1S/C25H27NO7/c1-30-20-13-16(7-9-19(20)27)8-10-23(28)26-11-5-6-18(25(26)29)12-17-14-21(31-2)24(33-4)22(15-17)32-3/h7-10,12-15,27H,5-6,11H2,1-4H3/b10-8+,18-12+. The molecule has 8 heteroatoms. The number of methoxy groups -OCH3 is 4. The summed E-state index contributed by atoms with van der Waals surface area (Å²) < 4.78 is 21.2. The van der Waals surface area contributed by atoms with Gasteiger partial charge in [-0.2, -0.15) is 0 Å². The molecule has 0 saturated carbocycles. The average Bonchev–Trinajstić information content (AvgIpc) is 2.83. The second-order valence-corrected chi connectivity index (χ2v) is 7.29. The van der Waals surface area contributed by atoms with E-state index >= 15 is 0 Å². The van der Waals surface area contributed by atoms with E-state index in [4.69, 9.17) is 18.9 Å². The lowest BCUT2D eigenvalue weighted by Crippen LogP contribution is -2.40. The van der Waals surface area contributed by atoms with Crippen LogP contribution in [0.4, 0.5) is 0 Å². The second kappa shape index (κ2) is 10.6. The first-order valence-electron chi connectivity index (χ1n) is 10.3. The Morgan fingerprint density at radius 3 is 2.18 bits per heavy atom. The number of carbonyl (C=O) groups excluding carboxylic acids is 2. The summed E-state index contributed by atoms with van der Waals surface area (Å²) in [6, 6.07) is 8.23. The normalized spacial score (nSPS) is 15.1. The van der Waals surface area contributed by atoms with Crippen LogP contribution in [-0.4, -0.2) is 56.8 Å². The monoisotopic (exact) mass is 453 g/mol. The Bertz CT molecular complexity index is 1080. The van der Waals surface area contributed by atoms with E-state index in [0.29, 0.717) is 59.1 Å². The van der Waals surface area contributed by atoms with Gasteiger partial charge in [0.15, 0.2) is 23.0 Å². The summed E-state index contributed by atoms with van der Waals surface area (Å²) in [6.45, 7) is 0.341. The van der Waals surface area contributed by atoms with Crippen LogP contribution in [0.2, 0.25) is 0 Å². The number of piperidine rings is 1. The van der Waals surface area contributed by atoms with Gasteiger partial charge in [0.05, 0.1) is 28.4 Å². The third kappa shape index (κ3) is 5.28. The zero-order valence-electron chi connectivity index (χ0n) is 19.1. The van der Waals surface area contributed by atoms with Gasteiger partial charge in [-0.05, 0) is 60.4 Å². The number of benzene rings is 2. The van der Waals surface area contributed by atoms with Crippen LogP contribution in [0.15, 0.2) is 42.0 Å². The summed E-state index contributed by atoms with van der Waals surface area (Å²) >= 11 is 0. The number of ether oxygens (including phenoxy) is 4. The molecule has 1 aliphatic heterocycles. The molecule has 0 bridgehead atoms. The quantitative estimate of drug-likeness (QED) is 0.639. The van der Waals surface area contributed by atoms with E-state index in [9.17, 15) is 14.7 Å². The molecule has 174 valence electrons. The number of hydrogen-bond donors (Lipinski definition) is 1. The molecule has 2 aromatic carbocycles. The minimum absolute atomic E-state index is 0.00811. The van der Waals surface area contributed by atoms with Crippen LogP contribution in [0.25, 0.3) is 12.2 Å². The maximum atomic E-state index is 13.0. The number of aromatic hydroxyl groups is 1. The molecule has 0 spiro atoms. The van der Waals surface area contributed by atoms with Crippen LogP contribution in [0.3, 0.4) is 0 Å². The smallest absolute Gasteiger partial charge is 0.256 e. The van der Waals surface area contributed by atoms with E-state index in [2.05, 4.69) is 0 Å². The number of carbonyl (C=O) groups is 2. The van der Waals surface area contributed by atoms with Gasteiger partial charge in [0.2, 0.25) is 5.75 Å².